The Morgan fingerprint density at radius 2 is 2.50 bits per heavy atom. The zero-order chi connectivity index (χ0) is 11.4. The number of carbonyl (C=O) groups is 1. The smallest absolute Gasteiger partial charge is 0.152 e. The van der Waals surface area contributed by atoms with Crippen molar-refractivity contribution in [1.82, 2.24) is 15.3 Å². The van der Waals surface area contributed by atoms with Crippen LogP contribution in [-0.2, 0) is 0 Å². The second kappa shape index (κ2) is 4.60. The first kappa shape index (κ1) is 10.4. The van der Waals surface area contributed by atoms with E-state index in [0.717, 1.165) is 17.2 Å². The second-order valence-corrected chi connectivity index (χ2v) is 3.31. The Balaban J connectivity index is 2.43. The number of aldehydes is 1. The molecular weight excluding hydrogens is 202 g/mol. The molecule has 2 aromatic heterocycles. The molecule has 0 saturated heterocycles. The Kier molecular flexibility index (Phi) is 2.99. The molecule has 0 bridgehead atoms. The summed E-state index contributed by atoms with van der Waals surface area (Å²) in [5.74, 6) is 5.92. The van der Waals surface area contributed by atoms with Crippen molar-refractivity contribution in [3.63, 3.8) is 0 Å². The van der Waals surface area contributed by atoms with E-state index in [4.69, 9.17) is 0 Å². The van der Waals surface area contributed by atoms with Crippen molar-refractivity contribution >= 4 is 17.3 Å². The molecule has 0 fully saturated rings. The Morgan fingerprint density at radius 1 is 1.62 bits per heavy atom. The third-order valence-electron chi connectivity index (χ3n) is 2.19. The van der Waals surface area contributed by atoms with Gasteiger partial charge in [-0.2, -0.15) is 0 Å². The quantitative estimate of drug-likeness (QED) is 0.576. The van der Waals surface area contributed by atoms with Gasteiger partial charge in [0.05, 0.1) is 6.54 Å². The molecule has 2 heterocycles. The molecule has 0 amide bonds. The SMILES string of the molecule is CNCC#Cc1cnc2[nH]cc(C=O)c2c1. The van der Waals surface area contributed by atoms with E-state index < -0.39 is 0 Å². The van der Waals surface area contributed by atoms with Gasteiger partial charge in [-0.3, -0.25) is 4.79 Å². The van der Waals surface area contributed by atoms with Crippen molar-refractivity contribution in [2.24, 2.45) is 0 Å². The normalized spacial score (nSPS) is 9.81. The summed E-state index contributed by atoms with van der Waals surface area (Å²) in [7, 11) is 1.84. The monoisotopic (exact) mass is 213 g/mol. The number of H-pyrrole nitrogens is 1. The van der Waals surface area contributed by atoms with Gasteiger partial charge < -0.3 is 10.3 Å². The number of rotatable bonds is 2. The highest BCUT2D eigenvalue weighted by Gasteiger charge is 2.03. The van der Waals surface area contributed by atoms with Gasteiger partial charge in [0.2, 0.25) is 0 Å². The Morgan fingerprint density at radius 3 is 3.25 bits per heavy atom. The molecule has 0 saturated carbocycles. The molecule has 4 heteroatoms. The van der Waals surface area contributed by atoms with Crippen LogP contribution in [0.5, 0.6) is 0 Å². The number of fused-ring (bicyclic) bond motifs is 1. The molecule has 0 aromatic carbocycles. The van der Waals surface area contributed by atoms with Crippen LogP contribution >= 0.6 is 0 Å². The standard InChI is InChI=1S/C12H11N3O/c1-13-4-2-3-9-5-11-10(8-16)7-15-12(11)14-6-9/h5-8,13H,4H2,1H3,(H,14,15). The molecule has 0 unspecified atom stereocenters. The van der Waals surface area contributed by atoms with E-state index in [0.29, 0.717) is 17.8 Å². The van der Waals surface area contributed by atoms with Crippen molar-refractivity contribution < 1.29 is 4.79 Å². The average molecular weight is 213 g/mol. The highest BCUT2D eigenvalue weighted by molar-refractivity contribution is 5.96. The van der Waals surface area contributed by atoms with E-state index in [1.54, 1.807) is 12.4 Å². The maximum absolute atomic E-state index is 10.8. The van der Waals surface area contributed by atoms with Crippen molar-refractivity contribution in [2.45, 2.75) is 0 Å². The van der Waals surface area contributed by atoms with E-state index in [9.17, 15) is 4.79 Å². The Hall–Kier alpha value is -2.12. The number of aromatic nitrogens is 2. The minimum atomic E-state index is 0.611. The Bertz CT molecular complexity index is 575. The lowest BCUT2D eigenvalue weighted by molar-refractivity contribution is 0.112. The van der Waals surface area contributed by atoms with Crippen LogP contribution in [0.3, 0.4) is 0 Å². The molecule has 0 aliphatic carbocycles. The van der Waals surface area contributed by atoms with Gasteiger partial charge >= 0.3 is 0 Å². The number of pyridine rings is 1. The molecular formula is C12H11N3O. The summed E-state index contributed by atoms with van der Waals surface area (Å²) in [6.07, 6.45) is 4.15. The zero-order valence-electron chi connectivity index (χ0n) is 8.87. The number of carbonyl (C=O) groups excluding carboxylic acids is 1. The molecule has 0 spiro atoms. The van der Waals surface area contributed by atoms with Gasteiger partial charge in [0.1, 0.15) is 5.65 Å². The number of hydrogen-bond donors (Lipinski definition) is 2. The third-order valence-corrected chi connectivity index (χ3v) is 2.19. The summed E-state index contributed by atoms with van der Waals surface area (Å²) < 4.78 is 0. The molecule has 2 N–H and O–H groups in total. The first-order chi connectivity index (χ1) is 7.85. The van der Waals surface area contributed by atoms with E-state index in [-0.39, 0.29) is 0 Å². The molecule has 0 aliphatic heterocycles. The van der Waals surface area contributed by atoms with E-state index in [1.165, 1.54) is 0 Å². The summed E-state index contributed by atoms with van der Waals surface area (Å²) >= 11 is 0. The van der Waals surface area contributed by atoms with Crippen molar-refractivity contribution in [1.29, 1.82) is 0 Å². The van der Waals surface area contributed by atoms with Gasteiger partial charge in [-0.1, -0.05) is 11.8 Å². The maximum Gasteiger partial charge on any atom is 0.152 e. The van der Waals surface area contributed by atoms with Crippen LogP contribution in [0, 0.1) is 11.8 Å². The highest BCUT2D eigenvalue weighted by Crippen LogP contribution is 2.15. The van der Waals surface area contributed by atoms with Crippen LogP contribution in [0.2, 0.25) is 0 Å². The van der Waals surface area contributed by atoms with Gasteiger partial charge in [-0.05, 0) is 13.1 Å². The predicted octanol–water partition coefficient (Wildman–Crippen LogP) is 0.946. The minimum absolute atomic E-state index is 0.611. The lowest BCUT2D eigenvalue weighted by atomic mass is 10.2. The van der Waals surface area contributed by atoms with Crippen LogP contribution in [0.4, 0.5) is 0 Å². The number of nitrogens with one attached hydrogen (secondary N) is 2. The van der Waals surface area contributed by atoms with Crippen LogP contribution in [-0.4, -0.2) is 29.8 Å². The van der Waals surface area contributed by atoms with E-state index in [1.807, 2.05) is 13.1 Å². The van der Waals surface area contributed by atoms with Gasteiger partial charge in [-0.15, -0.1) is 0 Å². The third kappa shape index (κ3) is 1.95. The molecule has 80 valence electrons. The number of aromatic amines is 1. The van der Waals surface area contributed by atoms with Gasteiger partial charge in [0.25, 0.3) is 0 Å². The second-order valence-electron chi connectivity index (χ2n) is 3.31. The van der Waals surface area contributed by atoms with Gasteiger partial charge in [0.15, 0.2) is 6.29 Å². The molecule has 2 aromatic rings. The van der Waals surface area contributed by atoms with E-state index >= 15 is 0 Å². The summed E-state index contributed by atoms with van der Waals surface area (Å²) in [6.45, 7) is 0.631. The fraction of sp³-hybridized carbons (Fsp3) is 0.167. The fourth-order valence-corrected chi connectivity index (χ4v) is 1.42. The van der Waals surface area contributed by atoms with Gasteiger partial charge in [-0.25, -0.2) is 4.98 Å². The summed E-state index contributed by atoms with van der Waals surface area (Å²) in [5.41, 5.74) is 2.13. The topological polar surface area (TPSA) is 57.8 Å². The van der Waals surface area contributed by atoms with Crippen LogP contribution in [0.15, 0.2) is 18.5 Å². The molecule has 0 radical (unpaired) electrons. The first-order valence-electron chi connectivity index (χ1n) is 4.91. The first-order valence-corrected chi connectivity index (χ1v) is 4.91. The maximum atomic E-state index is 10.8. The summed E-state index contributed by atoms with van der Waals surface area (Å²) in [6, 6.07) is 1.87. The number of hydrogen-bond acceptors (Lipinski definition) is 3. The lowest BCUT2D eigenvalue weighted by Crippen LogP contribution is -2.04. The van der Waals surface area contributed by atoms with Crippen molar-refractivity contribution in [3.05, 3.63) is 29.6 Å². The minimum Gasteiger partial charge on any atom is -0.345 e. The summed E-state index contributed by atoms with van der Waals surface area (Å²) in [5, 5.41) is 3.75. The van der Waals surface area contributed by atoms with Crippen molar-refractivity contribution in [3.8, 4) is 11.8 Å². The van der Waals surface area contributed by atoms with Crippen LogP contribution < -0.4 is 5.32 Å². The predicted molar refractivity (Wildman–Crippen MR) is 62.3 cm³/mol. The highest BCUT2D eigenvalue weighted by atomic mass is 16.1. The summed E-state index contributed by atoms with van der Waals surface area (Å²) in [4.78, 5) is 17.9. The molecule has 2 rings (SSSR count). The van der Waals surface area contributed by atoms with Gasteiger partial charge in [0, 0.05) is 28.9 Å². The molecule has 0 atom stereocenters. The number of nitrogens with zero attached hydrogens (tertiary/aromatic N) is 1. The fourth-order valence-electron chi connectivity index (χ4n) is 1.42. The molecule has 4 nitrogen and oxygen atoms in total. The van der Waals surface area contributed by atoms with Crippen LogP contribution in [0.25, 0.3) is 11.0 Å². The Labute approximate surface area is 93.1 Å². The van der Waals surface area contributed by atoms with Crippen LogP contribution in [0.1, 0.15) is 15.9 Å². The molecule has 16 heavy (non-hydrogen) atoms. The molecule has 0 aliphatic rings. The largest absolute Gasteiger partial charge is 0.345 e. The van der Waals surface area contributed by atoms with Crippen molar-refractivity contribution in [2.75, 3.05) is 13.6 Å². The van der Waals surface area contributed by atoms with E-state index in [2.05, 4.69) is 27.1 Å². The zero-order valence-corrected chi connectivity index (χ0v) is 8.87. The average Bonchev–Trinajstić information content (AvgIpc) is 2.71. The lowest BCUT2D eigenvalue weighted by Gasteiger charge is -1.92.